The molecule has 1 aliphatic heterocycles. The second-order valence-electron chi connectivity index (χ2n) is 4.11. The minimum atomic E-state index is -1.07. The van der Waals surface area contributed by atoms with Gasteiger partial charge in [-0.2, -0.15) is 0 Å². The van der Waals surface area contributed by atoms with Crippen LogP contribution in [0.2, 0.25) is 0 Å². The lowest BCUT2D eigenvalue weighted by Crippen LogP contribution is -2.50. The van der Waals surface area contributed by atoms with E-state index in [1.54, 1.807) is 0 Å². The largest absolute Gasteiger partial charge is 0.394 e. The lowest BCUT2D eigenvalue weighted by Gasteiger charge is -2.36. The molecule has 100 valence electrons. The highest BCUT2D eigenvalue weighted by molar-refractivity contribution is 5.48. The molecule has 4 atom stereocenters. The quantitative estimate of drug-likeness (QED) is 0.403. The van der Waals surface area contributed by atoms with Gasteiger partial charge in [-0.3, -0.25) is 0 Å². The topological polar surface area (TPSA) is 96.2 Å². The minimum absolute atomic E-state index is 0.186. The molecule has 1 heterocycles. The number of hydrogen-bond acceptors (Lipinski definition) is 6. The van der Waals surface area contributed by atoms with E-state index in [1.165, 1.54) is 0 Å². The van der Waals surface area contributed by atoms with Crippen LogP contribution in [0.1, 0.15) is 25.7 Å². The number of carbonyl (C=O) groups is 1. The van der Waals surface area contributed by atoms with Gasteiger partial charge >= 0.3 is 0 Å². The Kier molecular flexibility index (Phi) is 6.61. The van der Waals surface area contributed by atoms with Gasteiger partial charge in [0.1, 0.15) is 18.5 Å². The Morgan fingerprint density at radius 3 is 2.76 bits per heavy atom. The zero-order valence-corrected chi connectivity index (χ0v) is 9.70. The van der Waals surface area contributed by atoms with E-state index in [0.717, 1.165) is 19.1 Å². The Balaban J connectivity index is 2.22. The third-order valence-corrected chi connectivity index (χ3v) is 2.74. The predicted octanol–water partition coefficient (Wildman–Crippen LogP) is -0.799. The Bertz CT molecular complexity index is 222. The van der Waals surface area contributed by atoms with Crippen molar-refractivity contribution < 1.29 is 29.6 Å². The highest BCUT2D eigenvalue weighted by Crippen LogP contribution is 2.21. The molecular weight excluding hydrogens is 228 g/mol. The van der Waals surface area contributed by atoms with Gasteiger partial charge in [0.25, 0.3) is 0 Å². The highest BCUT2D eigenvalue weighted by atomic mass is 16.7. The molecule has 0 spiro atoms. The van der Waals surface area contributed by atoms with E-state index in [2.05, 4.69) is 0 Å². The molecule has 0 aromatic carbocycles. The monoisotopic (exact) mass is 248 g/mol. The fourth-order valence-corrected chi connectivity index (χ4v) is 1.72. The molecule has 6 nitrogen and oxygen atoms in total. The highest BCUT2D eigenvalue weighted by Gasteiger charge is 2.36. The lowest BCUT2D eigenvalue weighted by molar-refractivity contribution is -0.256. The summed E-state index contributed by atoms with van der Waals surface area (Å²) in [6.07, 6.45) is -0.387. The molecule has 0 aromatic heterocycles. The normalized spacial score (nSPS) is 33.6. The van der Waals surface area contributed by atoms with E-state index in [0.29, 0.717) is 13.0 Å². The van der Waals surface area contributed by atoms with Crippen molar-refractivity contribution in [2.24, 2.45) is 0 Å². The van der Waals surface area contributed by atoms with Crippen molar-refractivity contribution in [2.45, 2.75) is 50.3 Å². The van der Waals surface area contributed by atoms with Crippen molar-refractivity contribution in [3.05, 3.63) is 0 Å². The Morgan fingerprint density at radius 2 is 2.12 bits per heavy atom. The molecule has 0 radical (unpaired) electrons. The van der Waals surface area contributed by atoms with Gasteiger partial charge in [-0.05, 0) is 12.8 Å². The van der Waals surface area contributed by atoms with Gasteiger partial charge in [0, 0.05) is 19.4 Å². The van der Waals surface area contributed by atoms with Crippen molar-refractivity contribution in [2.75, 3.05) is 13.2 Å². The lowest BCUT2D eigenvalue weighted by atomic mass is 10.0. The standard InChI is InChI=1S/C11H20O6/c12-4-2-1-3-5-16-10-6-8(14)11(15)9(7-13)17-10/h4,8-11,13-15H,1-3,5-7H2/t8-,9-,10-,11?/m1/s1. The van der Waals surface area contributed by atoms with E-state index in [-0.39, 0.29) is 13.0 Å². The zero-order chi connectivity index (χ0) is 12.7. The Hall–Kier alpha value is -0.530. The fourth-order valence-electron chi connectivity index (χ4n) is 1.72. The van der Waals surface area contributed by atoms with Crippen molar-refractivity contribution in [3.63, 3.8) is 0 Å². The molecule has 0 amide bonds. The molecular formula is C11H20O6. The third-order valence-electron chi connectivity index (χ3n) is 2.74. The summed E-state index contributed by atoms with van der Waals surface area (Å²) in [5.74, 6) is 0. The molecule has 1 fully saturated rings. The van der Waals surface area contributed by atoms with Crippen LogP contribution in [-0.4, -0.2) is 59.4 Å². The fraction of sp³-hybridized carbons (Fsp3) is 0.909. The zero-order valence-electron chi connectivity index (χ0n) is 9.70. The number of hydrogen-bond donors (Lipinski definition) is 3. The van der Waals surface area contributed by atoms with Crippen LogP contribution in [0, 0.1) is 0 Å². The van der Waals surface area contributed by atoms with Crippen LogP contribution in [0.4, 0.5) is 0 Å². The number of aliphatic hydroxyl groups is 3. The molecule has 1 aliphatic rings. The summed E-state index contributed by atoms with van der Waals surface area (Å²) in [6, 6.07) is 0. The summed E-state index contributed by atoms with van der Waals surface area (Å²) in [6.45, 7) is 0.0721. The third kappa shape index (κ3) is 4.69. The summed E-state index contributed by atoms with van der Waals surface area (Å²) in [5, 5.41) is 27.9. The molecule has 1 saturated heterocycles. The van der Waals surface area contributed by atoms with Crippen molar-refractivity contribution in [1.82, 2.24) is 0 Å². The second kappa shape index (κ2) is 7.73. The number of carbonyl (C=O) groups excluding carboxylic acids is 1. The number of ether oxygens (including phenoxy) is 2. The molecule has 0 saturated carbocycles. The van der Waals surface area contributed by atoms with Crippen molar-refractivity contribution in [1.29, 1.82) is 0 Å². The maximum atomic E-state index is 10.1. The van der Waals surface area contributed by atoms with Crippen LogP contribution in [0.5, 0.6) is 0 Å². The SMILES string of the molecule is O=CCCCCO[C@H]1C[C@@H](O)C(O)[C@@H](CO)O1. The number of rotatable bonds is 7. The van der Waals surface area contributed by atoms with Gasteiger partial charge < -0.3 is 29.6 Å². The number of aldehydes is 1. The molecule has 6 heteroatoms. The predicted molar refractivity (Wildman–Crippen MR) is 58.2 cm³/mol. The maximum absolute atomic E-state index is 10.1. The Labute approximate surface area is 100 Å². The average molecular weight is 248 g/mol. The van der Waals surface area contributed by atoms with E-state index in [9.17, 15) is 15.0 Å². The Morgan fingerprint density at radius 1 is 1.35 bits per heavy atom. The molecule has 0 bridgehead atoms. The summed E-state index contributed by atoms with van der Waals surface area (Å²) >= 11 is 0. The van der Waals surface area contributed by atoms with E-state index in [4.69, 9.17) is 14.6 Å². The minimum Gasteiger partial charge on any atom is -0.394 e. The molecule has 1 rings (SSSR count). The summed E-state index contributed by atoms with van der Waals surface area (Å²) in [7, 11) is 0. The number of unbranched alkanes of at least 4 members (excludes halogenated alkanes) is 2. The molecule has 0 aliphatic carbocycles. The van der Waals surface area contributed by atoms with Crippen LogP contribution < -0.4 is 0 Å². The van der Waals surface area contributed by atoms with Crippen LogP contribution in [0.25, 0.3) is 0 Å². The van der Waals surface area contributed by atoms with Gasteiger partial charge in [0.2, 0.25) is 0 Å². The van der Waals surface area contributed by atoms with Gasteiger partial charge in [-0.25, -0.2) is 0 Å². The van der Waals surface area contributed by atoms with Crippen LogP contribution in [0.3, 0.4) is 0 Å². The van der Waals surface area contributed by atoms with Gasteiger partial charge in [-0.15, -0.1) is 0 Å². The van der Waals surface area contributed by atoms with E-state index < -0.39 is 24.6 Å². The average Bonchev–Trinajstić information content (AvgIpc) is 2.33. The van der Waals surface area contributed by atoms with E-state index >= 15 is 0 Å². The van der Waals surface area contributed by atoms with E-state index in [1.807, 2.05) is 0 Å². The number of aliphatic hydroxyl groups excluding tert-OH is 3. The van der Waals surface area contributed by atoms with Crippen LogP contribution >= 0.6 is 0 Å². The first-order valence-electron chi connectivity index (χ1n) is 5.86. The van der Waals surface area contributed by atoms with Gasteiger partial charge in [-0.1, -0.05) is 0 Å². The second-order valence-corrected chi connectivity index (χ2v) is 4.11. The summed E-state index contributed by atoms with van der Waals surface area (Å²) in [5.41, 5.74) is 0. The molecule has 3 N–H and O–H groups in total. The first-order chi connectivity index (χ1) is 8.19. The molecule has 17 heavy (non-hydrogen) atoms. The van der Waals surface area contributed by atoms with Gasteiger partial charge in [0.15, 0.2) is 6.29 Å². The maximum Gasteiger partial charge on any atom is 0.160 e. The molecule has 1 unspecified atom stereocenters. The van der Waals surface area contributed by atoms with Crippen molar-refractivity contribution in [3.8, 4) is 0 Å². The first-order valence-corrected chi connectivity index (χ1v) is 5.86. The first kappa shape index (κ1) is 14.5. The summed E-state index contributed by atoms with van der Waals surface area (Å²) < 4.78 is 10.6. The smallest absolute Gasteiger partial charge is 0.160 e. The van der Waals surface area contributed by atoms with Gasteiger partial charge in [0.05, 0.1) is 12.7 Å². The van der Waals surface area contributed by atoms with Crippen LogP contribution in [-0.2, 0) is 14.3 Å². The summed E-state index contributed by atoms with van der Waals surface area (Å²) in [4.78, 5) is 10.1. The van der Waals surface area contributed by atoms with Crippen molar-refractivity contribution >= 4 is 6.29 Å². The molecule has 0 aromatic rings. The van der Waals surface area contributed by atoms with Crippen LogP contribution in [0.15, 0.2) is 0 Å².